The summed E-state index contributed by atoms with van der Waals surface area (Å²) in [6.45, 7) is 6.60. The van der Waals surface area contributed by atoms with Crippen LogP contribution in [0.5, 0.6) is 0 Å². The van der Waals surface area contributed by atoms with Crippen LogP contribution in [0, 0.1) is 0 Å². The Morgan fingerprint density at radius 2 is 0.550 bits per heavy atom. The van der Waals surface area contributed by atoms with Gasteiger partial charge in [-0.25, -0.2) is 0 Å². The van der Waals surface area contributed by atoms with Crippen molar-refractivity contribution < 1.29 is 28.6 Å². The second kappa shape index (κ2) is 49.3. The molecule has 0 rings (SSSR count). The van der Waals surface area contributed by atoms with Crippen LogP contribution in [0.25, 0.3) is 0 Å². The van der Waals surface area contributed by atoms with Crippen LogP contribution in [0.2, 0.25) is 0 Å². The van der Waals surface area contributed by atoms with Crippen LogP contribution in [0.4, 0.5) is 0 Å². The molecule has 0 aliphatic rings. The lowest BCUT2D eigenvalue weighted by Gasteiger charge is -2.18. The molecule has 0 radical (unpaired) electrons. The van der Waals surface area contributed by atoms with E-state index in [2.05, 4.69) is 57.2 Å². The van der Waals surface area contributed by atoms with Crippen molar-refractivity contribution in [2.45, 2.75) is 277 Å². The van der Waals surface area contributed by atoms with E-state index in [9.17, 15) is 14.4 Å². The molecule has 0 saturated heterocycles. The van der Waals surface area contributed by atoms with Crippen LogP contribution in [0.3, 0.4) is 0 Å². The van der Waals surface area contributed by atoms with Crippen LogP contribution in [0.1, 0.15) is 271 Å². The smallest absolute Gasteiger partial charge is 0.306 e. The Balaban J connectivity index is 4.42. The molecule has 0 saturated carbocycles. The molecule has 0 aromatic carbocycles. The van der Waals surface area contributed by atoms with Crippen LogP contribution in [-0.4, -0.2) is 37.2 Å². The maximum Gasteiger partial charge on any atom is 0.306 e. The van der Waals surface area contributed by atoms with Gasteiger partial charge in [-0.15, -0.1) is 0 Å². The highest BCUT2D eigenvalue weighted by atomic mass is 16.6. The topological polar surface area (TPSA) is 78.9 Å². The molecule has 0 aromatic rings. The Morgan fingerprint density at radius 3 is 0.833 bits per heavy atom. The molecule has 0 fully saturated rings. The second-order valence-electron chi connectivity index (χ2n) is 17.4. The summed E-state index contributed by atoms with van der Waals surface area (Å²) in [7, 11) is 0. The van der Waals surface area contributed by atoms with Gasteiger partial charge in [0.1, 0.15) is 13.2 Å². The molecule has 0 aromatic heterocycles. The number of carbonyl (C=O) groups excluding carboxylic acids is 3. The van der Waals surface area contributed by atoms with E-state index in [0.29, 0.717) is 19.3 Å². The van der Waals surface area contributed by atoms with Gasteiger partial charge in [0, 0.05) is 19.3 Å². The van der Waals surface area contributed by atoms with E-state index in [-0.39, 0.29) is 31.1 Å². The summed E-state index contributed by atoms with van der Waals surface area (Å²) < 4.78 is 16.8. The average molecular weight is 843 g/mol. The maximum absolute atomic E-state index is 12.8. The molecule has 6 heteroatoms. The lowest BCUT2D eigenvalue weighted by atomic mass is 10.1. The number of hydrogen-bond donors (Lipinski definition) is 0. The van der Waals surface area contributed by atoms with Crippen molar-refractivity contribution in [2.24, 2.45) is 0 Å². The van der Waals surface area contributed by atoms with Crippen LogP contribution in [-0.2, 0) is 28.6 Å². The van der Waals surface area contributed by atoms with Crippen molar-refractivity contribution in [2.75, 3.05) is 13.2 Å². The summed E-state index contributed by atoms with van der Waals surface area (Å²) in [5, 5.41) is 0. The average Bonchev–Trinajstić information content (AvgIpc) is 3.24. The first kappa shape index (κ1) is 57.6. The van der Waals surface area contributed by atoms with Gasteiger partial charge in [-0.3, -0.25) is 14.4 Å². The molecule has 0 unspecified atom stereocenters. The van der Waals surface area contributed by atoms with Gasteiger partial charge in [-0.1, -0.05) is 192 Å². The van der Waals surface area contributed by atoms with Gasteiger partial charge in [0.05, 0.1) is 0 Å². The lowest BCUT2D eigenvalue weighted by molar-refractivity contribution is -0.167. The number of rotatable bonds is 47. The number of allylic oxidation sites excluding steroid dienone is 6. The normalized spacial score (nSPS) is 11.8. The first-order valence-corrected chi connectivity index (χ1v) is 26.0. The molecule has 350 valence electrons. The number of unbranched alkanes of at least 4 members (excludes halogenated alkanes) is 30. The standard InChI is InChI=1S/C54H98O6/c1-4-7-10-13-16-19-22-25-28-31-34-37-40-43-46-52(55)58-49-51(60-54(57)48-45-42-39-36-33-30-27-24-21-18-15-12-9-6-3)50-59-53(56)47-44-41-38-35-32-29-26-23-20-17-14-11-8-5-2/h28-33,51H,4-27,34-50H2,1-3H3/b31-28-,32-29-,33-30-. The Hall–Kier alpha value is -2.37. The van der Waals surface area contributed by atoms with Gasteiger partial charge in [-0.05, 0) is 96.3 Å². The molecule has 0 aliphatic heterocycles. The molecule has 6 nitrogen and oxygen atoms in total. The summed E-state index contributed by atoms with van der Waals surface area (Å²) in [4.78, 5) is 37.9. The minimum Gasteiger partial charge on any atom is -0.462 e. The van der Waals surface area contributed by atoms with Crippen molar-refractivity contribution >= 4 is 17.9 Å². The van der Waals surface area contributed by atoms with E-state index in [1.54, 1.807) is 0 Å². The van der Waals surface area contributed by atoms with E-state index in [4.69, 9.17) is 14.2 Å². The summed E-state index contributed by atoms with van der Waals surface area (Å²) in [6, 6.07) is 0. The zero-order chi connectivity index (χ0) is 43.7. The highest BCUT2D eigenvalue weighted by Gasteiger charge is 2.19. The second-order valence-corrected chi connectivity index (χ2v) is 17.4. The lowest BCUT2D eigenvalue weighted by Crippen LogP contribution is -2.30. The molecule has 0 aliphatic carbocycles. The van der Waals surface area contributed by atoms with Gasteiger partial charge in [-0.2, -0.15) is 0 Å². The first-order valence-electron chi connectivity index (χ1n) is 26.0. The summed E-state index contributed by atoms with van der Waals surface area (Å²) >= 11 is 0. The van der Waals surface area contributed by atoms with Gasteiger partial charge < -0.3 is 14.2 Å². The molecule has 60 heavy (non-hydrogen) atoms. The third-order valence-corrected chi connectivity index (χ3v) is 11.3. The Kier molecular flexibility index (Phi) is 47.3. The highest BCUT2D eigenvalue weighted by Crippen LogP contribution is 2.14. The third kappa shape index (κ3) is 46.7. The van der Waals surface area contributed by atoms with Crippen molar-refractivity contribution in [3.8, 4) is 0 Å². The predicted molar refractivity (Wildman–Crippen MR) is 256 cm³/mol. The molecule has 0 bridgehead atoms. The molecular formula is C54H98O6. The molecule has 0 spiro atoms. The molecule has 0 heterocycles. The largest absolute Gasteiger partial charge is 0.462 e. The zero-order valence-corrected chi connectivity index (χ0v) is 40.0. The van der Waals surface area contributed by atoms with Crippen molar-refractivity contribution in [3.63, 3.8) is 0 Å². The van der Waals surface area contributed by atoms with E-state index in [0.717, 1.165) is 96.3 Å². The van der Waals surface area contributed by atoms with Crippen LogP contribution >= 0.6 is 0 Å². The molecule has 0 atom stereocenters. The number of ether oxygens (including phenoxy) is 3. The number of carbonyl (C=O) groups is 3. The fourth-order valence-electron chi connectivity index (χ4n) is 7.37. The third-order valence-electron chi connectivity index (χ3n) is 11.3. The number of esters is 3. The van der Waals surface area contributed by atoms with E-state index in [1.807, 2.05) is 0 Å². The van der Waals surface area contributed by atoms with Crippen molar-refractivity contribution in [1.29, 1.82) is 0 Å². The molecule has 0 N–H and O–H groups in total. The number of hydrogen-bond acceptors (Lipinski definition) is 6. The Bertz CT molecular complexity index is 962. The highest BCUT2D eigenvalue weighted by molar-refractivity contribution is 5.71. The zero-order valence-electron chi connectivity index (χ0n) is 40.0. The molecular weight excluding hydrogens is 745 g/mol. The van der Waals surface area contributed by atoms with E-state index < -0.39 is 6.10 Å². The van der Waals surface area contributed by atoms with Crippen LogP contribution < -0.4 is 0 Å². The monoisotopic (exact) mass is 843 g/mol. The van der Waals surface area contributed by atoms with E-state index >= 15 is 0 Å². The van der Waals surface area contributed by atoms with Gasteiger partial charge >= 0.3 is 17.9 Å². The maximum atomic E-state index is 12.8. The predicted octanol–water partition coefficient (Wildman–Crippen LogP) is 16.9. The minimum atomic E-state index is -0.789. The first-order chi connectivity index (χ1) is 29.5. The Labute approximate surface area is 372 Å². The summed E-state index contributed by atoms with van der Waals surface area (Å²) in [5.41, 5.74) is 0. The minimum absolute atomic E-state index is 0.0894. The van der Waals surface area contributed by atoms with E-state index in [1.165, 1.54) is 135 Å². The molecule has 0 amide bonds. The summed E-state index contributed by atoms with van der Waals surface area (Å²) in [5.74, 6) is -0.927. The van der Waals surface area contributed by atoms with Gasteiger partial charge in [0.2, 0.25) is 0 Å². The van der Waals surface area contributed by atoms with Crippen molar-refractivity contribution in [3.05, 3.63) is 36.5 Å². The van der Waals surface area contributed by atoms with Crippen LogP contribution in [0.15, 0.2) is 36.5 Å². The fraction of sp³-hybridized carbons (Fsp3) is 0.833. The van der Waals surface area contributed by atoms with Gasteiger partial charge in [0.15, 0.2) is 6.10 Å². The Morgan fingerprint density at radius 1 is 0.317 bits per heavy atom. The van der Waals surface area contributed by atoms with Crippen molar-refractivity contribution in [1.82, 2.24) is 0 Å². The van der Waals surface area contributed by atoms with Gasteiger partial charge in [0.25, 0.3) is 0 Å². The summed E-state index contributed by atoms with van der Waals surface area (Å²) in [6.07, 6.45) is 57.0. The quantitative estimate of drug-likeness (QED) is 0.0263. The fourth-order valence-corrected chi connectivity index (χ4v) is 7.37. The SMILES string of the molecule is CCCCCCCCC/C=C\CCCCCC(=O)OCC(COC(=O)CCCCC/C=C\CCCCCCCCC)OC(=O)CCCCC/C=C\CCCCCCCCC.